The lowest BCUT2D eigenvalue weighted by atomic mass is 10.1. The lowest BCUT2D eigenvalue weighted by Crippen LogP contribution is -2.36. The third-order valence-corrected chi connectivity index (χ3v) is 1.77. The van der Waals surface area contributed by atoms with E-state index < -0.39 is 6.04 Å². The Morgan fingerprint density at radius 3 is 2.38 bits per heavy atom. The Morgan fingerprint density at radius 1 is 1.38 bits per heavy atom. The maximum atomic E-state index is 11.0. The van der Waals surface area contributed by atoms with Crippen molar-refractivity contribution in [2.45, 2.75) is 18.9 Å². The smallest absolute Gasteiger partial charge is 0.322 e. The van der Waals surface area contributed by atoms with Gasteiger partial charge in [-0.05, 0) is 13.5 Å². The highest BCUT2D eigenvalue weighted by molar-refractivity contribution is 5.79. The Kier molecular flexibility index (Phi) is 5.88. The highest BCUT2D eigenvalue weighted by Crippen LogP contribution is 1.98. The van der Waals surface area contributed by atoms with E-state index >= 15 is 0 Å². The Hall–Kier alpha value is -1.10. The summed E-state index contributed by atoms with van der Waals surface area (Å²) in [5.41, 5.74) is 0. The third-order valence-electron chi connectivity index (χ3n) is 1.77. The van der Waals surface area contributed by atoms with E-state index in [0.717, 1.165) is 0 Å². The summed E-state index contributed by atoms with van der Waals surface area (Å²) in [4.78, 5) is 21.9. The Bertz CT molecular complexity index is 182. The number of ether oxygens (including phenoxy) is 1. The molecular formula is C8H16N2O3. The van der Waals surface area contributed by atoms with Crippen LogP contribution in [-0.2, 0) is 14.3 Å². The van der Waals surface area contributed by atoms with Crippen LogP contribution in [0.5, 0.6) is 0 Å². The molecule has 0 rings (SSSR count). The molecule has 1 atom stereocenters. The molecule has 1 amide bonds. The van der Waals surface area contributed by atoms with Crippen LogP contribution in [0.2, 0.25) is 0 Å². The van der Waals surface area contributed by atoms with Gasteiger partial charge < -0.3 is 15.4 Å². The average molecular weight is 188 g/mol. The van der Waals surface area contributed by atoms with Crippen LogP contribution in [0.25, 0.3) is 0 Å². The van der Waals surface area contributed by atoms with E-state index in [1.807, 2.05) is 0 Å². The first-order valence-corrected chi connectivity index (χ1v) is 4.11. The molecule has 0 aromatic heterocycles. The number of hydrogen-bond donors (Lipinski definition) is 2. The van der Waals surface area contributed by atoms with Crippen LogP contribution >= 0.6 is 0 Å². The van der Waals surface area contributed by atoms with Gasteiger partial charge in [0.1, 0.15) is 6.04 Å². The Balaban J connectivity index is 3.85. The van der Waals surface area contributed by atoms with Gasteiger partial charge in [-0.15, -0.1) is 0 Å². The minimum atomic E-state index is -0.401. The van der Waals surface area contributed by atoms with Crippen molar-refractivity contribution in [1.82, 2.24) is 10.6 Å². The molecule has 0 heterocycles. The fourth-order valence-electron chi connectivity index (χ4n) is 0.923. The second kappa shape index (κ2) is 6.42. The van der Waals surface area contributed by atoms with Crippen molar-refractivity contribution < 1.29 is 14.3 Å². The number of hydrogen-bond acceptors (Lipinski definition) is 4. The van der Waals surface area contributed by atoms with Gasteiger partial charge in [0.15, 0.2) is 0 Å². The van der Waals surface area contributed by atoms with Gasteiger partial charge in [-0.2, -0.15) is 0 Å². The number of likely N-dealkylation sites (N-methyl/N-ethyl adjacent to an activating group) is 1. The van der Waals surface area contributed by atoms with Crippen LogP contribution in [0.3, 0.4) is 0 Å². The van der Waals surface area contributed by atoms with Gasteiger partial charge in [-0.25, -0.2) is 0 Å². The number of nitrogens with one attached hydrogen (secondary N) is 2. The first kappa shape index (κ1) is 11.9. The lowest BCUT2D eigenvalue weighted by molar-refractivity contribution is -0.143. The van der Waals surface area contributed by atoms with Gasteiger partial charge in [0.2, 0.25) is 5.91 Å². The summed E-state index contributed by atoms with van der Waals surface area (Å²) in [5.74, 6) is -0.421. The molecule has 0 saturated heterocycles. The van der Waals surface area contributed by atoms with Crippen LogP contribution in [-0.4, -0.2) is 39.1 Å². The van der Waals surface area contributed by atoms with E-state index in [0.29, 0.717) is 12.8 Å². The molecule has 0 fully saturated rings. The van der Waals surface area contributed by atoms with E-state index in [9.17, 15) is 9.59 Å². The van der Waals surface area contributed by atoms with E-state index in [4.69, 9.17) is 0 Å². The molecule has 0 aromatic rings. The fourth-order valence-corrected chi connectivity index (χ4v) is 0.923. The predicted octanol–water partition coefficient (Wildman–Crippen LogP) is -0.726. The van der Waals surface area contributed by atoms with Crippen molar-refractivity contribution in [3.63, 3.8) is 0 Å². The van der Waals surface area contributed by atoms with Crippen molar-refractivity contribution in [1.29, 1.82) is 0 Å². The topological polar surface area (TPSA) is 67.4 Å². The maximum absolute atomic E-state index is 11.0. The standard InChI is InChI=1S/C8H16N2O3/c1-9-6(8(12)13-3)4-5-7(11)10-2/h6,9H,4-5H2,1-3H3,(H,10,11). The quantitative estimate of drug-likeness (QED) is 0.558. The summed E-state index contributed by atoms with van der Waals surface area (Å²) in [7, 11) is 4.55. The van der Waals surface area contributed by atoms with Crippen molar-refractivity contribution >= 4 is 11.9 Å². The Morgan fingerprint density at radius 2 is 2.00 bits per heavy atom. The van der Waals surface area contributed by atoms with Crippen molar-refractivity contribution in [3.8, 4) is 0 Å². The second-order valence-corrected chi connectivity index (χ2v) is 2.58. The van der Waals surface area contributed by atoms with Crippen molar-refractivity contribution in [2.24, 2.45) is 0 Å². The highest BCUT2D eigenvalue weighted by Gasteiger charge is 2.17. The van der Waals surface area contributed by atoms with Gasteiger partial charge in [0.25, 0.3) is 0 Å². The lowest BCUT2D eigenvalue weighted by Gasteiger charge is -2.12. The molecule has 2 N–H and O–H groups in total. The molecule has 76 valence electrons. The molecule has 1 unspecified atom stereocenters. The molecule has 0 aliphatic carbocycles. The molecule has 5 heteroatoms. The number of methoxy groups -OCH3 is 1. The van der Waals surface area contributed by atoms with Gasteiger partial charge in [0, 0.05) is 13.5 Å². The van der Waals surface area contributed by atoms with Crippen molar-refractivity contribution in [3.05, 3.63) is 0 Å². The zero-order chi connectivity index (χ0) is 10.3. The van der Waals surface area contributed by atoms with Crippen LogP contribution in [0.4, 0.5) is 0 Å². The summed E-state index contributed by atoms with van der Waals surface area (Å²) in [6.07, 6.45) is 0.764. The number of amides is 1. The number of esters is 1. The molecule has 13 heavy (non-hydrogen) atoms. The summed E-state index contributed by atoms with van der Waals surface area (Å²) < 4.78 is 4.54. The van der Waals surface area contributed by atoms with Crippen LogP contribution in [0.1, 0.15) is 12.8 Å². The zero-order valence-electron chi connectivity index (χ0n) is 8.22. The van der Waals surface area contributed by atoms with E-state index in [1.165, 1.54) is 7.11 Å². The molecule has 0 aromatic carbocycles. The zero-order valence-corrected chi connectivity index (χ0v) is 8.22. The van der Waals surface area contributed by atoms with Gasteiger partial charge >= 0.3 is 5.97 Å². The van der Waals surface area contributed by atoms with E-state index in [-0.39, 0.29) is 11.9 Å². The number of carbonyl (C=O) groups is 2. The normalized spacial score (nSPS) is 11.9. The maximum Gasteiger partial charge on any atom is 0.322 e. The fraction of sp³-hybridized carbons (Fsp3) is 0.750. The number of rotatable bonds is 5. The minimum Gasteiger partial charge on any atom is -0.468 e. The van der Waals surface area contributed by atoms with Crippen LogP contribution < -0.4 is 10.6 Å². The largest absolute Gasteiger partial charge is 0.468 e. The van der Waals surface area contributed by atoms with E-state index in [2.05, 4.69) is 15.4 Å². The summed E-state index contributed by atoms with van der Waals surface area (Å²) in [6, 6.07) is -0.401. The predicted molar refractivity (Wildman–Crippen MR) is 48.2 cm³/mol. The molecular weight excluding hydrogens is 172 g/mol. The molecule has 0 radical (unpaired) electrons. The molecule has 0 aliphatic rings. The van der Waals surface area contributed by atoms with Gasteiger partial charge in [0.05, 0.1) is 7.11 Å². The summed E-state index contributed by atoms with van der Waals surface area (Å²) >= 11 is 0. The molecule has 0 saturated carbocycles. The molecule has 0 spiro atoms. The molecule has 5 nitrogen and oxygen atoms in total. The first-order valence-electron chi connectivity index (χ1n) is 4.11. The molecule has 0 aliphatic heterocycles. The van der Waals surface area contributed by atoms with E-state index in [1.54, 1.807) is 14.1 Å². The summed E-state index contributed by atoms with van der Waals surface area (Å²) in [6.45, 7) is 0. The first-order chi connectivity index (χ1) is 6.15. The average Bonchev–Trinajstić information content (AvgIpc) is 2.17. The minimum absolute atomic E-state index is 0.0795. The van der Waals surface area contributed by atoms with Crippen molar-refractivity contribution in [2.75, 3.05) is 21.2 Å². The summed E-state index contributed by atoms with van der Waals surface area (Å²) in [5, 5.41) is 5.26. The van der Waals surface area contributed by atoms with Crippen LogP contribution in [0, 0.1) is 0 Å². The number of carbonyl (C=O) groups excluding carboxylic acids is 2. The van der Waals surface area contributed by atoms with Gasteiger partial charge in [-0.3, -0.25) is 9.59 Å². The monoisotopic (exact) mass is 188 g/mol. The highest BCUT2D eigenvalue weighted by atomic mass is 16.5. The van der Waals surface area contributed by atoms with Crippen LogP contribution in [0.15, 0.2) is 0 Å². The molecule has 0 bridgehead atoms. The van der Waals surface area contributed by atoms with Gasteiger partial charge in [-0.1, -0.05) is 0 Å². The SMILES string of the molecule is CNC(=O)CCC(NC)C(=O)OC. The Labute approximate surface area is 77.8 Å². The second-order valence-electron chi connectivity index (χ2n) is 2.58. The third kappa shape index (κ3) is 4.47.